The highest BCUT2D eigenvalue weighted by atomic mass is 16.5. The van der Waals surface area contributed by atoms with Crippen molar-refractivity contribution in [2.45, 2.75) is 58.8 Å². The van der Waals surface area contributed by atoms with Crippen LogP contribution in [0.1, 0.15) is 58.8 Å². The van der Waals surface area contributed by atoms with Crippen LogP contribution in [0.2, 0.25) is 0 Å². The van der Waals surface area contributed by atoms with Crippen molar-refractivity contribution in [1.29, 1.82) is 0 Å². The van der Waals surface area contributed by atoms with Crippen LogP contribution in [0.5, 0.6) is 0 Å². The fraction of sp³-hybridized carbons (Fsp3) is 0.895. The van der Waals surface area contributed by atoms with Gasteiger partial charge in [0.25, 0.3) is 6.47 Å². The first kappa shape index (κ1) is 18.3. The Hall–Kier alpha value is -1.06. The molecular formula is C19H32O4. The number of ether oxygens (including phenoxy) is 2. The van der Waals surface area contributed by atoms with Gasteiger partial charge in [0.05, 0.1) is 19.6 Å². The van der Waals surface area contributed by atoms with Gasteiger partial charge in [-0.3, -0.25) is 9.59 Å². The number of methoxy groups -OCH3 is 1. The van der Waals surface area contributed by atoms with Crippen LogP contribution in [0.3, 0.4) is 0 Å². The Morgan fingerprint density at radius 1 is 1.04 bits per heavy atom. The summed E-state index contributed by atoms with van der Waals surface area (Å²) in [6.45, 7) is 5.57. The highest BCUT2D eigenvalue weighted by Crippen LogP contribution is 2.42. The second-order valence-electron chi connectivity index (χ2n) is 7.87. The molecule has 0 aromatic heterocycles. The molecular weight excluding hydrogens is 292 g/mol. The molecule has 0 heterocycles. The Labute approximate surface area is 140 Å². The molecule has 2 aliphatic carbocycles. The number of carbonyl (C=O) groups is 2. The van der Waals surface area contributed by atoms with Crippen molar-refractivity contribution in [3.8, 4) is 0 Å². The zero-order chi connectivity index (χ0) is 16.8. The van der Waals surface area contributed by atoms with Gasteiger partial charge in [0.15, 0.2) is 0 Å². The number of hydrogen-bond acceptors (Lipinski definition) is 4. The van der Waals surface area contributed by atoms with Crippen LogP contribution in [0.4, 0.5) is 0 Å². The smallest absolute Gasteiger partial charge is 0.308 e. The predicted molar refractivity (Wildman–Crippen MR) is 88.6 cm³/mol. The highest BCUT2D eigenvalue weighted by Gasteiger charge is 2.36. The minimum Gasteiger partial charge on any atom is -0.469 e. The topological polar surface area (TPSA) is 52.6 Å². The second-order valence-corrected chi connectivity index (χ2v) is 7.87. The average Bonchev–Trinajstić information content (AvgIpc) is 2.56. The maximum atomic E-state index is 12.0. The van der Waals surface area contributed by atoms with Gasteiger partial charge in [-0.15, -0.1) is 0 Å². The number of carbonyl (C=O) groups excluding carboxylic acids is 2. The van der Waals surface area contributed by atoms with Gasteiger partial charge in [0, 0.05) is 0 Å². The summed E-state index contributed by atoms with van der Waals surface area (Å²) in [5.74, 6) is 2.98. The number of rotatable bonds is 6. The first-order valence-electron chi connectivity index (χ1n) is 9.18. The molecule has 0 amide bonds. The molecule has 2 saturated carbocycles. The van der Waals surface area contributed by atoms with Gasteiger partial charge in [0.1, 0.15) is 0 Å². The zero-order valence-electron chi connectivity index (χ0n) is 14.8. The highest BCUT2D eigenvalue weighted by molar-refractivity contribution is 5.72. The van der Waals surface area contributed by atoms with Gasteiger partial charge in [-0.2, -0.15) is 0 Å². The van der Waals surface area contributed by atoms with Crippen LogP contribution in [-0.2, 0) is 19.1 Å². The molecule has 0 aliphatic heterocycles. The molecule has 6 unspecified atom stereocenters. The van der Waals surface area contributed by atoms with E-state index < -0.39 is 0 Å². The Morgan fingerprint density at radius 3 is 2.35 bits per heavy atom. The lowest BCUT2D eigenvalue weighted by Gasteiger charge is -2.38. The van der Waals surface area contributed by atoms with Crippen LogP contribution < -0.4 is 0 Å². The second kappa shape index (κ2) is 8.70. The van der Waals surface area contributed by atoms with Gasteiger partial charge in [-0.1, -0.05) is 33.1 Å². The van der Waals surface area contributed by atoms with E-state index >= 15 is 0 Å². The third-order valence-corrected chi connectivity index (χ3v) is 6.32. The van der Waals surface area contributed by atoms with Gasteiger partial charge < -0.3 is 9.47 Å². The van der Waals surface area contributed by atoms with E-state index in [1.807, 2.05) is 0 Å². The maximum Gasteiger partial charge on any atom is 0.308 e. The van der Waals surface area contributed by atoms with Gasteiger partial charge in [-0.05, 0) is 55.3 Å². The Balaban J connectivity index is 1.86. The van der Waals surface area contributed by atoms with E-state index in [1.165, 1.54) is 32.8 Å². The Kier molecular flexibility index (Phi) is 6.91. The predicted octanol–water partition coefficient (Wildman–Crippen LogP) is 3.83. The Morgan fingerprint density at radius 2 is 1.70 bits per heavy atom. The van der Waals surface area contributed by atoms with Gasteiger partial charge in [-0.25, -0.2) is 0 Å². The molecule has 0 bridgehead atoms. The largest absolute Gasteiger partial charge is 0.469 e. The van der Waals surface area contributed by atoms with E-state index in [-0.39, 0.29) is 11.9 Å². The van der Waals surface area contributed by atoms with Crippen molar-refractivity contribution in [2.24, 2.45) is 35.5 Å². The summed E-state index contributed by atoms with van der Waals surface area (Å²) in [5, 5.41) is 0. The third kappa shape index (κ3) is 4.95. The minimum absolute atomic E-state index is 0.0308. The standard InChI is InChI=1S/C19H32O4/c1-13-4-6-15(9-17(13)11-23-12-20)8-16-7-5-14(2)18(10-16)19(21)22-3/h12-18H,4-11H2,1-3H3. The third-order valence-electron chi connectivity index (χ3n) is 6.32. The molecule has 2 fully saturated rings. The van der Waals surface area contributed by atoms with Crippen LogP contribution in [0.25, 0.3) is 0 Å². The first-order valence-corrected chi connectivity index (χ1v) is 9.18. The molecule has 23 heavy (non-hydrogen) atoms. The lowest BCUT2D eigenvalue weighted by molar-refractivity contribution is -0.149. The lowest BCUT2D eigenvalue weighted by atomic mass is 9.68. The quantitative estimate of drug-likeness (QED) is 0.550. The summed E-state index contributed by atoms with van der Waals surface area (Å²) in [6.07, 6.45) is 8.21. The summed E-state index contributed by atoms with van der Waals surface area (Å²) in [4.78, 5) is 22.4. The van der Waals surface area contributed by atoms with Crippen molar-refractivity contribution in [2.75, 3.05) is 13.7 Å². The van der Waals surface area contributed by atoms with E-state index in [0.29, 0.717) is 42.7 Å². The van der Waals surface area contributed by atoms with Crippen LogP contribution >= 0.6 is 0 Å². The Bertz CT molecular complexity index is 395. The summed E-state index contributed by atoms with van der Waals surface area (Å²) < 4.78 is 10.0. The van der Waals surface area contributed by atoms with Gasteiger partial charge in [0.2, 0.25) is 0 Å². The van der Waals surface area contributed by atoms with Crippen LogP contribution in [0, 0.1) is 35.5 Å². The van der Waals surface area contributed by atoms with E-state index in [2.05, 4.69) is 13.8 Å². The molecule has 0 aromatic carbocycles. The first-order chi connectivity index (χ1) is 11.0. The molecule has 4 heteroatoms. The molecule has 132 valence electrons. The molecule has 2 aliphatic rings. The normalized spacial score (nSPS) is 37.9. The van der Waals surface area contributed by atoms with Crippen LogP contribution in [-0.4, -0.2) is 26.2 Å². The molecule has 0 aromatic rings. The fourth-order valence-electron chi connectivity index (χ4n) is 4.70. The van der Waals surface area contributed by atoms with Crippen LogP contribution in [0.15, 0.2) is 0 Å². The molecule has 0 spiro atoms. The van der Waals surface area contributed by atoms with E-state index in [4.69, 9.17) is 9.47 Å². The number of esters is 1. The van der Waals surface area contributed by atoms with Crippen molar-refractivity contribution in [3.05, 3.63) is 0 Å². The summed E-state index contributed by atoms with van der Waals surface area (Å²) in [6, 6.07) is 0. The monoisotopic (exact) mass is 324 g/mol. The van der Waals surface area contributed by atoms with E-state index in [0.717, 1.165) is 19.3 Å². The molecule has 0 N–H and O–H groups in total. The van der Waals surface area contributed by atoms with Crippen molar-refractivity contribution in [1.82, 2.24) is 0 Å². The molecule has 6 atom stereocenters. The summed E-state index contributed by atoms with van der Waals surface area (Å²) in [7, 11) is 1.50. The fourth-order valence-corrected chi connectivity index (χ4v) is 4.70. The SMILES string of the molecule is COC(=O)C1CC(CC2CCC(C)C(COC=O)C2)CCC1C. The number of hydrogen-bond donors (Lipinski definition) is 0. The maximum absolute atomic E-state index is 12.0. The van der Waals surface area contributed by atoms with Crippen molar-refractivity contribution >= 4 is 12.4 Å². The average molecular weight is 324 g/mol. The lowest BCUT2D eigenvalue weighted by Crippen LogP contribution is -2.33. The van der Waals surface area contributed by atoms with E-state index in [9.17, 15) is 9.59 Å². The molecule has 2 rings (SSSR count). The molecule has 4 nitrogen and oxygen atoms in total. The van der Waals surface area contributed by atoms with Crippen molar-refractivity contribution < 1.29 is 19.1 Å². The molecule has 0 saturated heterocycles. The summed E-state index contributed by atoms with van der Waals surface area (Å²) in [5.41, 5.74) is 0. The molecule has 0 radical (unpaired) electrons. The summed E-state index contributed by atoms with van der Waals surface area (Å²) >= 11 is 0. The zero-order valence-corrected chi connectivity index (χ0v) is 14.8. The minimum atomic E-state index is -0.0308. The van der Waals surface area contributed by atoms with E-state index in [1.54, 1.807) is 0 Å². The van der Waals surface area contributed by atoms with Crippen molar-refractivity contribution in [3.63, 3.8) is 0 Å². The van der Waals surface area contributed by atoms with Gasteiger partial charge >= 0.3 is 5.97 Å².